The van der Waals surface area contributed by atoms with E-state index < -0.39 is 0 Å². The van der Waals surface area contributed by atoms with Crippen LogP contribution >= 0.6 is 24.0 Å². The van der Waals surface area contributed by atoms with Crippen molar-refractivity contribution in [2.45, 2.75) is 46.6 Å². The summed E-state index contributed by atoms with van der Waals surface area (Å²) in [5.41, 5.74) is 2.36. The number of hydrogen-bond acceptors (Lipinski definition) is 3. The van der Waals surface area contributed by atoms with Crippen LogP contribution in [0, 0.1) is 18.8 Å². The van der Waals surface area contributed by atoms with E-state index >= 15 is 0 Å². The minimum absolute atomic E-state index is 0. The van der Waals surface area contributed by atoms with Crippen LogP contribution in [0.25, 0.3) is 0 Å². The van der Waals surface area contributed by atoms with Crippen molar-refractivity contribution in [2.75, 3.05) is 33.4 Å². The molecule has 154 valence electrons. The Morgan fingerprint density at radius 2 is 2.07 bits per heavy atom. The maximum Gasteiger partial charge on any atom is 0.191 e. The topological polar surface area (TPSA) is 54.9 Å². The third-order valence-corrected chi connectivity index (χ3v) is 5.10. The minimum atomic E-state index is 0. The molecule has 5 nitrogen and oxygen atoms in total. The van der Waals surface area contributed by atoms with Crippen molar-refractivity contribution in [2.24, 2.45) is 16.8 Å². The highest BCUT2D eigenvalue weighted by atomic mass is 127. The van der Waals surface area contributed by atoms with Crippen LogP contribution in [-0.4, -0.2) is 39.4 Å². The summed E-state index contributed by atoms with van der Waals surface area (Å²) in [4.78, 5) is 4.34. The van der Waals surface area contributed by atoms with Gasteiger partial charge in [-0.3, -0.25) is 4.99 Å². The molecule has 1 aliphatic rings. The Labute approximate surface area is 181 Å². The van der Waals surface area contributed by atoms with Crippen LogP contribution in [0.4, 0.5) is 0 Å². The minimum Gasteiger partial charge on any atom is -0.493 e. The molecule has 6 heteroatoms. The third-order valence-electron chi connectivity index (χ3n) is 5.10. The zero-order valence-electron chi connectivity index (χ0n) is 17.2. The van der Waals surface area contributed by atoms with Crippen molar-refractivity contribution in [3.8, 4) is 5.75 Å². The van der Waals surface area contributed by atoms with Gasteiger partial charge in [0.25, 0.3) is 0 Å². The Morgan fingerprint density at radius 1 is 1.30 bits per heavy atom. The van der Waals surface area contributed by atoms with E-state index in [4.69, 9.17) is 9.47 Å². The lowest BCUT2D eigenvalue weighted by Gasteiger charge is -2.18. The zero-order valence-corrected chi connectivity index (χ0v) is 19.5. The van der Waals surface area contributed by atoms with Crippen LogP contribution in [0.3, 0.4) is 0 Å². The van der Waals surface area contributed by atoms with Crippen LogP contribution in [0.2, 0.25) is 0 Å². The number of hydrogen-bond donors (Lipinski definition) is 2. The second-order valence-corrected chi connectivity index (χ2v) is 7.14. The molecule has 2 N–H and O–H groups in total. The maximum absolute atomic E-state index is 6.12. The number of ether oxygens (including phenoxy) is 2. The standard InChI is InChI=1S/C21H35N3O2.HI/c1-5-17(6-2)12-23-21(22-4)24-13-19-8-7-16(3)11-20(19)26-15-18-9-10-25-14-18;/h7-8,11,17-18H,5-6,9-10,12-15H2,1-4H3,(H2,22,23,24);1H. The number of aliphatic imine (C=N–C) groups is 1. The molecule has 1 saturated heterocycles. The van der Waals surface area contributed by atoms with Gasteiger partial charge in [-0.15, -0.1) is 24.0 Å². The van der Waals surface area contributed by atoms with Crippen LogP contribution < -0.4 is 15.4 Å². The lowest BCUT2D eigenvalue weighted by Crippen LogP contribution is -2.39. The molecular formula is C21H36IN3O2. The SMILES string of the molecule is CCC(CC)CNC(=NC)NCc1ccc(C)cc1OCC1CCOC1.I. The van der Waals surface area contributed by atoms with E-state index in [1.54, 1.807) is 0 Å². The van der Waals surface area contributed by atoms with Crippen molar-refractivity contribution >= 4 is 29.9 Å². The zero-order chi connectivity index (χ0) is 18.8. The Balaban J connectivity index is 0.00000364. The van der Waals surface area contributed by atoms with E-state index in [1.807, 2.05) is 7.05 Å². The van der Waals surface area contributed by atoms with Gasteiger partial charge in [-0.05, 0) is 30.9 Å². The average molecular weight is 489 g/mol. The Kier molecular flexibility index (Phi) is 11.7. The number of benzene rings is 1. The summed E-state index contributed by atoms with van der Waals surface area (Å²) in [5, 5.41) is 6.84. The monoisotopic (exact) mass is 489 g/mol. The van der Waals surface area contributed by atoms with Gasteiger partial charge in [0.1, 0.15) is 5.75 Å². The normalized spacial score (nSPS) is 16.9. The maximum atomic E-state index is 6.12. The number of rotatable bonds is 9. The van der Waals surface area contributed by atoms with Gasteiger partial charge in [0.05, 0.1) is 13.2 Å². The van der Waals surface area contributed by atoms with Crippen molar-refractivity contribution in [1.29, 1.82) is 0 Å². The molecule has 1 aromatic rings. The molecule has 1 heterocycles. The molecule has 0 bridgehead atoms. The molecule has 0 aromatic heterocycles. The van der Waals surface area contributed by atoms with E-state index in [0.717, 1.165) is 50.1 Å². The molecule has 0 aliphatic carbocycles. The van der Waals surface area contributed by atoms with Gasteiger partial charge in [0, 0.05) is 38.2 Å². The molecular weight excluding hydrogens is 453 g/mol. The van der Waals surface area contributed by atoms with Gasteiger partial charge in [-0.2, -0.15) is 0 Å². The quantitative estimate of drug-likeness (QED) is 0.311. The molecule has 0 radical (unpaired) electrons. The molecule has 1 unspecified atom stereocenters. The van der Waals surface area contributed by atoms with Crippen LogP contribution in [0.1, 0.15) is 44.2 Å². The Morgan fingerprint density at radius 3 is 2.70 bits per heavy atom. The molecule has 27 heavy (non-hydrogen) atoms. The molecule has 2 rings (SSSR count). The first kappa shape index (κ1) is 24.0. The number of nitrogens with one attached hydrogen (secondary N) is 2. The fourth-order valence-electron chi connectivity index (χ4n) is 3.08. The fraction of sp³-hybridized carbons (Fsp3) is 0.667. The number of halogens is 1. The average Bonchev–Trinajstić information content (AvgIpc) is 3.18. The highest BCUT2D eigenvalue weighted by Gasteiger charge is 2.17. The molecule has 1 fully saturated rings. The van der Waals surface area contributed by atoms with Crippen LogP contribution in [0.5, 0.6) is 5.75 Å². The summed E-state index contributed by atoms with van der Waals surface area (Å²) >= 11 is 0. The first-order chi connectivity index (χ1) is 12.7. The van der Waals surface area contributed by atoms with Gasteiger partial charge in [-0.1, -0.05) is 38.8 Å². The third kappa shape index (κ3) is 8.25. The summed E-state index contributed by atoms with van der Waals surface area (Å²) in [6.07, 6.45) is 3.45. The van der Waals surface area contributed by atoms with Crippen molar-refractivity contribution in [1.82, 2.24) is 10.6 Å². The molecule has 0 spiro atoms. The number of guanidine groups is 1. The van der Waals surface area contributed by atoms with Gasteiger partial charge >= 0.3 is 0 Å². The van der Waals surface area contributed by atoms with Crippen LogP contribution in [-0.2, 0) is 11.3 Å². The highest BCUT2D eigenvalue weighted by Crippen LogP contribution is 2.22. The van der Waals surface area contributed by atoms with Crippen molar-refractivity contribution in [3.05, 3.63) is 29.3 Å². The van der Waals surface area contributed by atoms with Crippen molar-refractivity contribution in [3.63, 3.8) is 0 Å². The first-order valence-corrected chi connectivity index (χ1v) is 9.90. The molecule has 1 aliphatic heterocycles. The van der Waals surface area contributed by atoms with Gasteiger partial charge in [0.2, 0.25) is 0 Å². The summed E-state index contributed by atoms with van der Waals surface area (Å²) in [6, 6.07) is 6.38. The van der Waals surface area contributed by atoms with Crippen LogP contribution in [0.15, 0.2) is 23.2 Å². The van der Waals surface area contributed by atoms with Gasteiger partial charge in [0.15, 0.2) is 5.96 Å². The summed E-state index contributed by atoms with van der Waals surface area (Å²) in [7, 11) is 1.81. The van der Waals surface area contributed by atoms with E-state index in [1.165, 1.54) is 18.4 Å². The Bertz CT molecular complexity index is 571. The highest BCUT2D eigenvalue weighted by molar-refractivity contribution is 14.0. The second kappa shape index (κ2) is 13.2. The predicted molar refractivity (Wildman–Crippen MR) is 123 cm³/mol. The molecule has 0 saturated carbocycles. The first-order valence-electron chi connectivity index (χ1n) is 9.90. The lowest BCUT2D eigenvalue weighted by atomic mass is 10.0. The van der Waals surface area contributed by atoms with E-state index in [0.29, 0.717) is 18.4 Å². The van der Waals surface area contributed by atoms with E-state index in [-0.39, 0.29) is 24.0 Å². The molecule has 0 amide bonds. The predicted octanol–water partition coefficient (Wildman–Crippen LogP) is 4.13. The summed E-state index contributed by atoms with van der Waals surface area (Å²) in [6.45, 7) is 10.6. The van der Waals surface area contributed by atoms with E-state index in [9.17, 15) is 0 Å². The number of nitrogens with zero attached hydrogens (tertiary/aromatic N) is 1. The smallest absolute Gasteiger partial charge is 0.191 e. The number of aryl methyl sites for hydroxylation is 1. The summed E-state index contributed by atoms with van der Waals surface area (Å²) < 4.78 is 11.6. The fourth-order valence-corrected chi connectivity index (χ4v) is 3.08. The van der Waals surface area contributed by atoms with Gasteiger partial charge < -0.3 is 20.1 Å². The lowest BCUT2D eigenvalue weighted by molar-refractivity contribution is 0.166. The van der Waals surface area contributed by atoms with Crippen molar-refractivity contribution < 1.29 is 9.47 Å². The molecule has 1 aromatic carbocycles. The van der Waals surface area contributed by atoms with E-state index in [2.05, 4.69) is 54.6 Å². The second-order valence-electron chi connectivity index (χ2n) is 7.14. The summed E-state index contributed by atoms with van der Waals surface area (Å²) in [5.74, 6) is 2.98. The van der Waals surface area contributed by atoms with Gasteiger partial charge in [-0.25, -0.2) is 0 Å². The Hall–Kier alpha value is -1.02. The largest absolute Gasteiger partial charge is 0.493 e. The molecule has 1 atom stereocenters.